The summed E-state index contributed by atoms with van der Waals surface area (Å²) >= 11 is 0. The first-order chi connectivity index (χ1) is 4.63. The molecule has 0 saturated carbocycles. The van der Waals surface area contributed by atoms with Gasteiger partial charge >= 0.3 is 0 Å². The molecule has 0 fully saturated rings. The molecule has 0 radical (unpaired) electrons. The van der Waals surface area contributed by atoms with E-state index < -0.39 is 0 Å². The summed E-state index contributed by atoms with van der Waals surface area (Å²) in [6.45, 7) is 7.09. The molecule has 0 aromatic carbocycles. The Balaban J connectivity index is 4.63. The highest BCUT2D eigenvalue weighted by Gasteiger charge is 1.96. The largest absolute Gasteiger partial charge is 0.384 e. The van der Waals surface area contributed by atoms with Crippen molar-refractivity contribution in [2.24, 2.45) is 15.7 Å². The Morgan fingerprint density at radius 3 is 2.20 bits per heavy atom. The van der Waals surface area contributed by atoms with Gasteiger partial charge in [-0.25, -0.2) is 0 Å². The quantitative estimate of drug-likeness (QED) is 0.449. The minimum atomic E-state index is 0.518. The van der Waals surface area contributed by atoms with Crippen molar-refractivity contribution in [1.29, 1.82) is 0 Å². The predicted octanol–water partition coefficient (Wildman–Crippen LogP) is 0.968. The summed E-state index contributed by atoms with van der Waals surface area (Å²) in [5.74, 6) is 0.518. The second kappa shape index (κ2) is 3.82. The highest BCUT2D eigenvalue weighted by Crippen LogP contribution is 2.02. The first-order valence-electron chi connectivity index (χ1n) is 3.00. The van der Waals surface area contributed by atoms with Crippen LogP contribution in [-0.4, -0.2) is 19.6 Å². The van der Waals surface area contributed by atoms with Crippen LogP contribution in [0.4, 0.5) is 0 Å². The van der Waals surface area contributed by atoms with Crippen LogP contribution in [-0.2, 0) is 0 Å². The van der Waals surface area contributed by atoms with E-state index in [1.165, 1.54) is 0 Å². The van der Waals surface area contributed by atoms with E-state index in [9.17, 15) is 0 Å². The van der Waals surface area contributed by atoms with Crippen molar-refractivity contribution in [3.8, 4) is 0 Å². The van der Waals surface area contributed by atoms with Crippen LogP contribution in [0.2, 0.25) is 0 Å². The van der Waals surface area contributed by atoms with Gasteiger partial charge in [0.2, 0.25) is 0 Å². The predicted molar refractivity (Wildman–Crippen MR) is 45.5 cm³/mol. The van der Waals surface area contributed by atoms with Gasteiger partial charge in [-0.3, -0.25) is 9.98 Å². The van der Waals surface area contributed by atoms with E-state index >= 15 is 0 Å². The molecule has 3 heteroatoms. The minimum absolute atomic E-state index is 0.518. The molecule has 0 aliphatic heterocycles. The molecule has 0 atom stereocenters. The molecule has 0 heterocycles. The van der Waals surface area contributed by atoms with Crippen LogP contribution in [0.5, 0.6) is 0 Å². The molecule has 56 valence electrons. The number of nitrogens with zero attached hydrogens (tertiary/aromatic N) is 2. The van der Waals surface area contributed by atoms with Gasteiger partial charge in [0, 0.05) is 18.3 Å². The van der Waals surface area contributed by atoms with Crippen molar-refractivity contribution in [3.63, 3.8) is 0 Å². The van der Waals surface area contributed by atoms with E-state index in [1.54, 1.807) is 7.05 Å². The van der Waals surface area contributed by atoms with Crippen LogP contribution in [0.15, 0.2) is 21.3 Å². The third-order valence-electron chi connectivity index (χ3n) is 1.40. The van der Waals surface area contributed by atoms with Gasteiger partial charge < -0.3 is 5.73 Å². The fourth-order valence-electron chi connectivity index (χ4n) is 0.472. The van der Waals surface area contributed by atoms with Crippen LogP contribution in [0.3, 0.4) is 0 Å². The van der Waals surface area contributed by atoms with E-state index in [1.807, 2.05) is 13.8 Å². The maximum atomic E-state index is 5.50. The molecule has 3 nitrogen and oxygen atoms in total. The zero-order chi connectivity index (χ0) is 8.15. The molecule has 0 rings (SSSR count). The lowest BCUT2D eigenvalue weighted by Crippen LogP contribution is -2.13. The summed E-state index contributed by atoms with van der Waals surface area (Å²) in [4.78, 5) is 7.53. The van der Waals surface area contributed by atoms with Gasteiger partial charge in [0.25, 0.3) is 0 Å². The monoisotopic (exact) mass is 139 g/mol. The van der Waals surface area contributed by atoms with Crippen LogP contribution < -0.4 is 5.73 Å². The second-order valence-corrected chi connectivity index (χ2v) is 1.98. The zero-order valence-electron chi connectivity index (χ0n) is 6.68. The van der Waals surface area contributed by atoms with E-state index in [0.717, 1.165) is 11.3 Å². The molecule has 0 unspecified atom stereocenters. The molecule has 0 aliphatic carbocycles. The van der Waals surface area contributed by atoms with Gasteiger partial charge in [-0.2, -0.15) is 0 Å². The molecule has 2 N–H and O–H groups in total. The average molecular weight is 139 g/mol. The summed E-state index contributed by atoms with van der Waals surface area (Å²) in [5, 5.41) is 0. The SMILES string of the molecule is C=NC(C)=C(C)C(N)=NC. The average Bonchev–Trinajstić information content (AvgIpc) is 2.00. The van der Waals surface area contributed by atoms with Gasteiger partial charge in [-0.15, -0.1) is 0 Å². The third-order valence-corrected chi connectivity index (χ3v) is 1.40. The van der Waals surface area contributed by atoms with Crippen LogP contribution in [0, 0.1) is 0 Å². The molecule has 0 aliphatic rings. The summed E-state index contributed by atoms with van der Waals surface area (Å²) in [6, 6.07) is 0. The smallest absolute Gasteiger partial charge is 0.122 e. The first kappa shape index (κ1) is 8.88. The van der Waals surface area contributed by atoms with E-state index in [2.05, 4.69) is 16.7 Å². The summed E-state index contributed by atoms with van der Waals surface area (Å²) in [6.07, 6.45) is 0. The Labute approximate surface area is 61.4 Å². The molecule has 0 saturated heterocycles. The van der Waals surface area contributed by atoms with E-state index in [4.69, 9.17) is 5.73 Å². The number of hydrogen-bond acceptors (Lipinski definition) is 2. The highest BCUT2D eigenvalue weighted by atomic mass is 14.8. The summed E-state index contributed by atoms with van der Waals surface area (Å²) in [5.41, 5.74) is 7.21. The Hall–Kier alpha value is -1.12. The van der Waals surface area contributed by atoms with Crippen molar-refractivity contribution in [1.82, 2.24) is 0 Å². The standard InChI is InChI=1S/C7H13N3/c1-5(6(2)9-3)7(8)10-4/h3H2,1-2,4H3,(H2,8,10). The Morgan fingerprint density at radius 2 is 1.90 bits per heavy atom. The summed E-state index contributed by atoms with van der Waals surface area (Å²) in [7, 11) is 1.65. The van der Waals surface area contributed by atoms with Gasteiger partial charge in [-0.1, -0.05) is 0 Å². The number of amidine groups is 1. The third kappa shape index (κ3) is 2.01. The minimum Gasteiger partial charge on any atom is -0.384 e. The molecule has 0 amide bonds. The second-order valence-electron chi connectivity index (χ2n) is 1.98. The van der Waals surface area contributed by atoms with Gasteiger partial charge in [0.15, 0.2) is 0 Å². The van der Waals surface area contributed by atoms with Crippen molar-refractivity contribution in [2.45, 2.75) is 13.8 Å². The van der Waals surface area contributed by atoms with Gasteiger partial charge in [0.05, 0.1) is 0 Å². The normalized spacial score (nSPS) is 14.5. The lowest BCUT2D eigenvalue weighted by Gasteiger charge is -2.00. The Kier molecular flexibility index (Phi) is 3.39. The zero-order valence-corrected chi connectivity index (χ0v) is 6.68. The Morgan fingerprint density at radius 1 is 1.40 bits per heavy atom. The molecular formula is C7H13N3. The molecule has 0 spiro atoms. The lowest BCUT2D eigenvalue weighted by molar-refractivity contribution is 1.24. The van der Waals surface area contributed by atoms with Crippen molar-refractivity contribution < 1.29 is 0 Å². The topological polar surface area (TPSA) is 50.7 Å². The van der Waals surface area contributed by atoms with E-state index in [-0.39, 0.29) is 0 Å². The maximum Gasteiger partial charge on any atom is 0.122 e. The van der Waals surface area contributed by atoms with Crippen molar-refractivity contribution in [3.05, 3.63) is 11.3 Å². The molecular weight excluding hydrogens is 126 g/mol. The highest BCUT2D eigenvalue weighted by molar-refractivity contribution is 5.96. The van der Waals surface area contributed by atoms with Crippen LogP contribution in [0.1, 0.15) is 13.8 Å². The maximum absolute atomic E-state index is 5.50. The number of nitrogens with two attached hydrogens (primary N) is 1. The van der Waals surface area contributed by atoms with E-state index in [0.29, 0.717) is 5.84 Å². The van der Waals surface area contributed by atoms with Crippen LogP contribution >= 0.6 is 0 Å². The van der Waals surface area contributed by atoms with Gasteiger partial charge in [0.1, 0.15) is 5.84 Å². The van der Waals surface area contributed by atoms with Crippen molar-refractivity contribution in [2.75, 3.05) is 7.05 Å². The molecule has 10 heavy (non-hydrogen) atoms. The van der Waals surface area contributed by atoms with Crippen molar-refractivity contribution >= 4 is 12.6 Å². The number of allylic oxidation sites excluding steroid dienone is 1. The fourth-order valence-corrected chi connectivity index (χ4v) is 0.472. The molecule has 0 bridgehead atoms. The number of hydrogen-bond donors (Lipinski definition) is 1. The molecule has 0 aromatic rings. The number of aliphatic imine (C=N–C) groups is 2. The first-order valence-corrected chi connectivity index (χ1v) is 3.00. The van der Waals surface area contributed by atoms with Crippen LogP contribution in [0.25, 0.3) is 0 Å². The Bertz CT molecular complexity index is 189. The number of rotatable bonds is 2. The van der Waals surface area contributed by atoms with Gasteiger partial charge in [-0.05, 0) is 20.6 Å². The lowest BCUT2D eigenvalue weighted by atomic mass is 10.2. The summed E-state index contributed by atoms with van der Waals surface area (Å²) < 4.78 is 0. The molecule has 0 aromatic heterocycles. The fraction of sp³-hybridized carbons (Fsp3) is 0.429.